The van der Waals surface area contributed by atoms with Gasteiger partial charge in [0.1, 0.15) is 0 Å². The van der Waals surface area contributed by atoms with Crippen LogP contribution in [0.4, 0.5) is 0 Å². The van der Waals surface area contributed by atoms with E-state index in [9.17, 15) is 4.79 Å². The number of halogens is 1. The van der Waals surface area contributed by atoms with Gasteiger partial charge in [-0.1, -0.05) is 52.7 Å². The number of nitrogens with zero attached hydrogens (tertiary/aromatic N) is 1. The number of rotatable bonds is 4. The molecule has 4 nitrogen and oxygen atoms in total. The van der Waals surface area contributed by atoms with Crippen LogP contribution in [0.3, 0.4) is 0 Å². The first-order valence-corrected chi connectivity index (χ1v) is 8.88. The minimum atomic E-state index is -0.206. The summed E-state index contributed by atoms with van der Waals surface area (Å²) in [6.45, 7) is 0. The Kier molecular flexibility index (Phi) is 4.59. The number of aryl methyl sites for hydroxylation is 1. The van der Waals surface area contributed by atoms with Crippen molar-refractivity contribution in [2.75, 3.05) is 0 Å². The average molecular weight is 365 g/mol. The fourth-order valence-corrected chi connectivity index (χ4v) is 3.18. The summed E-state index contributed by atoms with van der Waals surface area (Å²) in [5.41, 5.74) is 3.10. The van der Waals surface area contributed by atoms with Crippen LogP contribution in [0.15, 0.2) is 75.6 Å². The Morgan fingerprint density at radius 1 is 1.15 bits per heavy atom. The summed E-state index contributed by atoms with van der Waals surface area (Å²) in [4.78, 5) is 15.2. The van der Waals surface area contributed by atoms with E-state index in [-0.39, 0.29) is 5.56 Å². The van der Waals surface area contributed by atoms with E-state index in [1.54, 1.807) is 18.2 Å². The highest BCUT2D eigenvalue weighted by atomic mass is 35.5. The van der Waals surface area contributed by atoms with Crippen LogP contribution < -0.4 is 5.56 Å². The zero-order valence-electron chi connectivity index (χ0n) is 14.0. The average Bonchev–Trinajstić information content (AvgIpc) is 2.94. The molecule has 0 atom stereocenters. The van der Waals surface area contributed by atoms with E-state index in [0.29, 0.717) is 16.3 Å². The highest BCUT2D eigenvalue weighted by Gasteiger charge is 2.12. The van der Waals surface area contributed by atoms with Crippen molar-refractivity contribution in [1.29, 1.82) is 0 Å². The minimum absolute atomic E-state index is 0.206. The molecule has 0 aliphatic heterocycles. The summed E-state index contributed by atoms with van der Waals surface area (Å²) < 4.78 is 5.42. The maximum atomic E-state index is 12.4. The van der Waals surface area contributed by atoms with Crippen molar-refractivity contribution in [3.63, 3.8) is 0 Å². The molecule has 4 rings (SSSR count). The number of aromatic amines is 1. The van der Waals surface area contributed by atoms with E-state index in [0.717, 1.165) is 35.9 Å². The van der Waals surface area contributed by atoms with Crippen molar-refractivity contribution >= 4 is 22.5 Å². The topological polar surface area (TPSA) is 58.9 Å². The third-order valence-electron chi connectivity index (χ3n) is 4.37. The number of H-pyrrole nitrogens is 1. The minimum Gasteiger partial charge on any atom is -0.356 e. The Balaban J connectivity index is 1.57. The molecule has 2 heterocycles. The Morgan fingerprint density at radius 2 is 2.08 bits per heavy atom. The molecule has 1 aromatic carbocycles. The Morgan fingerprint density at radius 3 is 3.00 bits per heavy atom. The molecule has 3 aromatic rings. The predicted molar refractivity (Wildman–Crippen MR) is 104 cm³/mol. The van der Waals surface area contributed by atoms with E-state index >= 15 is 0 Å². The number of allylic oxidation sites excluding steroid dienone is 6. The van der Waals surface area contributed by atoms with Crippen LogP contribution in [0.5, 0.6) is 0 Å². The van der Waals surface area contributed by atoms with E-state index in [1.165, 1.54) is 5.57 Å². The van der Waals surface area contributed by atoms with Gasteiger partial charge in [-0.25, -0.2) is 0 Å². The molecule has 0 saturated carbocycles. The first kappa shape index (κ1) is 16.6. The number of aromatic nitrogens is 2. The number of pyridine rings is 1. The molecule has 1 aliphatic rings. The van der Waals surface area contributed by atoms with Crippen molar-refractivity contribution in [3.8, 4) is 11.3 Å². The third kappa shape index (κ3) is 3.55. The van der Waals surface area contributed by atoms with E-state index < -0.39 is 0 Å². The second-order valence-corrected chi connectivity index (χ2v) is 6.66. The van der Waals surface area contributed by atoms with Crippen molar-refractivity contribution in [3.05, 3.63) is 87.4 Å². The summed E-state index contributed by atoms with van der Waals surface area (Å²) in [5, 5.41) is 5.59. The molecule has 26 heavy (non-hydrogen) atoms. The maximum Gasteiger partial charge on any atom is 0.259 e. The summed E-state index contributed by atoms with van der Waals surface area (Å²) >= 11 is 6.04. The van der Waals surface area contributed by atoms with Crippen molar-refractivity contribution in [1.82, 2.24) is 10.1 Å². The molecule has 0 saturated heterocycles. The zero-order chi connectivity index (χ0) is 17.9. The molecule has 2 aromatic heterocycles. The third-order valence-corrected chi connectivity index (χ3v) is 4.61. The fraction of sp³-hybridized carbons (Fsp3) is 0.143. The van der Waals surface area contributed by atoms with Crippen LogP contribution in [0.25, 0.3) is 22.2 Å². The molecular formula is C21H17ClN2O2. The second kappa shape index (κ2) is 7.18. The lowest BCUT2D eigenvalue weighted by molar-refractivity contribution is 0.423. The highest BCUT2D eigenvalue weighted by Crippen LogP contribution is 2.23. The van der Waals surface area contributed by atoms with Crippen LogP contribution in [-0.2, 0) is 6.42 Å². The Hall–Kier alpha value is -2.85. The smallest absolute Gasteiger partial charge is 0.259 e. The molecule has 0 fully saturated rings. The van der Waals surface area contributed by atoms with E-state index in [1.807, 2.05) is 18.2 Å². The lowest BCUT2D eigenvalue weighted by Gasteiger charge is -2.01. The van der Waals surface area contributed by atoms with Gasteiger partial charge in [-0.3, -0.25) is 4.79 Å². The normalized spacial score (nSPS) is 13.8. The molecule has 0 amide bonds. The van der Waals surface area contributed by atoms with Crippen LogP contribution >= 0.6 is 11.6 Å². The fourth-order valence-electron chi connectivity index (χ4n) is 3.00. The van der Waals surface area contributed by atoms with Gasteiger partial charge < -0.3 is 9.51 Å². The lowest BCUT2D eigenvalue weighted by Crippen LogP contribution is -2.08. The van der Waals surface area contributed by atoms with Crippen molar-refractivity contribution < 1.29 is 4.52 Å². The monoisotopic (exact) mass is 364 g/mol. The Bertz CT molecular complexity index is 1100. The van der Waals surface area contributed by atoms with Crippen molar-refractivity contribution in [2.45, 2.75) is 19.3 Å². The predicted octanol–water partition coefficient (Wildman–Crippen LogP) is 5.21. The number of nitrogens with one attached hydrogen (secondary N) is 1. The molecule has 0 spiro atoms. The number of fused-ring (bicyclic) bond motifs is 1. The Labute approximate surface area is 155 Å². The van der Waals surface area contributed by atoms with Crippen molar-refractivity contribution in [2.24, 2.45) is 0 Å². The molecular weight excluding hydrogens is 348 g/mol. The second-order valence-electron chi connectivity index (χ2n) is 6.23. The lowest BCUT2D eigenvalue weighted by atomic mass is 10.1. The maximum absolute atomic E-state index is 12.4. The molecule has 1 N–H and O–H groups in total. The highest BCUT2D eigenvalue weighted by molar-refractivity contribution is 6.31. The van der Waals surface area contributed by atoms with Gasteiger partial charge in [0.15, 0.2) is 5.76 Å². The van der Waals surface area contributed by atoms with Gasteiger partial charge in [-0.05, 0) is 43.5 Å². The largest absolute Gasteiger partial charge is 0.356 e. The molecule has 1 aliphatic carbocycles. The molecule has 0 radical (unpaired) electrons. The first-order chi connectivity index (χ1) is 12.7. The van der Waals surface area contributed by atoms with Gasteiger partial charge in [-0.2, -0.15) is 0 Å². The van der Waals surface area contributed by atoms with E-state index in [2.05, 4.69) is 34.4 Å². The summed E-state index contributed by atoms with van der Waals surface area (Å²) in [6, 6.07) is 8.97. The van der Waals surface area contributed by atoms with Crippen LogP contribution in [0.1, 0.15) is 18.5 Å². The van der Waals surface area contributed by atoms with Gasteiger partial charge >= 0.3 is 0 Å². The van der Waals surface area contributed by atoms with Gasteiger partial charge in [-0.15, -0.1) is 0 Å². The molecule has 130 valence electrons. The molecule has 0 bridgehead atoms. The molecule has 5 heteroatoms. The van der Waals surface area contributed by atoms with Gasteiger partial charge in [0.25, 0.3) is 5.56 Å². The van der Waals surface area contributed by atoms with Gasteiger partial charge in [0, 0.05) is 22.0 Å². The van der Waals surface area contributed by atoms with E-state index in [4.69, 9.17) is 16.1 Å². The standard InChI is InChI=1S/C21H17ClN2O2/c22-16-8-10-19-15(11-16)12-18(21(25)23-19)20-13-17(24-26-20)9-7-14-5-3-1-2-4-6-14/h1-3,5-6,8,10-13H,4,7,9H2,(H,23,25). The molecule has 0 unspecified atom stereocenters. The number of hydrogen-bond acceptors (Lipinski definition) is 3. The first-order valence-electron chi connectivity index (χ1n) is 8.50. The van der Waals surface area contributed by atoms with Crippen LogP contribution in [0.2, 0.25) is 5.02 Å². The zero-order valence-corrected chi connectivity index (χ0v) is 14.8. The van der Waals surface area contributed by atoms with Crippen LogP contribution in [-0.4, -0.2) is 10.1 Å². The number of benzene rings is 1. The quantitative estimate of drug-likeness (QED) is 0.691. The summed E-state index contributed by atoms with van der Waals surface area (Å²) in [6.07, 6.45) is 13.1. The van der Waals surface area contributed by atoms with Crippen LogP contribution in [0, 0.1) is 0 Å². The van der Waals surface area contributed by atoms with Gasteiger partial charge in [0.2, 0.25) is 0 Å². The number of hydrogen-bond donors (Lipinski definition) is 1. The SMILES string of the molecule is O=c1[nH]c2ccc(Cl)cc2cc1-c1cc(CCC2=CCC=CC=C2)no1. The summed E-state index contributed by atoms with van der Waals surface area (Å²) in [7, 11) is 0. The van der Waals surface area contributed by atoms with Gasteiger partial charge in [0.05, 0.1) is 11.3 Å². The summed E-state index contributed by atoms with van der Waals surface area (Å²) in [5.74, 6) is 0.468.